The normalized spacial score (nSPS) is 11.3. The first kappa shape index (κ1) is 15.4. The average Bonchev–Trinajstić information content (AvgIpc) is 2.37. The lowest BCUT2D eigenvalue weighted by atomic mass is 10.1. The molecule has 104 valence electrons. The number of hydrogen-bond acceptors (Lipinski definition) is 2. The number of anilines is 2. The average molecular weight is 278 g/mol. The smallest absolute Gasteiger partial charge is 0.198 e. The van der Waals surface area contributed by atoms with E-state index in [0.29, 0.717) is 10.9 Å². The van der Waals surface area contributed by atoms with Crippen LogP contribution in [0.4, 0.5) is 11.4 Å². The lowest BCUT2D eigenvalue weighted by molar-refractivity contribution is 0.682. The van der Waals surface area contributed by atoms with E-state index in [1.54, 1.807) is 0 Å². The second-order valence-corrected chi connectivity index (χ2v) is 4.85. The SMILES string of the molecule is CCCCCCC(N)=NC(=S)Nc1ccc(N)cc1. The molecular formula is C14H22N4S. The molecule has 0 atom stereocenters. The van der Waals surface area contributed by atoms with Gasteiger partial charge in [-0.3, -0.25) is 0 Å². The fourth-order valence-electron chi connectivity index (χ4n) is 1.64. The maximum absolute atomic E-state index is 5.84. The van der Waals surface area contributed by atoms with E-state index in [1.807, 2.05) is 24.3 Å². The molecule has 0 amide bonds. The van der Waals surface area contributed by atoms with E-state index in [4.69, 9.17) is 23.7 Å². The van der Waals surface area contributed by atoms with Crippen LogP contribution < -0.4 is 16.8 Å². The van der Waals surface area contributed by atoms with Gasteiger partial charge in [0.2, 0.25) is 0 Å². The van der Waals surface area contributed by atoms with Gasteiger partial charge in [0.05, 0.1) is 0 Å². The van der Waals surface area contributed by atoms with E-state index in [2.05, 4.69) is 17.2 Å². The number of benzene rings is 1. The van der Waals surface area contributed by atoms with E-state index in [9.17, 15) is 0 Å². The van der Waals surface area contributed by atoms with Crippen LogP contribution in [0.25, 0.3) is 0 Å². The quantitative estimate of drug-likeness (QED) is 0.245. The highest BCUT2D eigenvalue weighted by Gasteiger charge is 1.98. The molecule has 1 aromatic rings. The monoisotopic (exact) mass is 278 g/mol. The number of nitrogens with zero attached hydrogens (tertiary/aromatic N) is 1. The zero-order chi connectivity index (χ0) is 14.1. The Bertz CT molecular complexity index is 426. The number of rotatable bonds is 6. The molecule has 0 saturated heterocycles. The lowest BCUT2D eigenvalue weighted by Crippen LogP contribution is -2.17. The van der Waals surface area contributed by atoms with Crippen molar-refractivity contribution in [3.63, 3.8) is 0 Å². The molecule has 19 heavy (non-hydrogen) atoms. The summed E-state index contributed by atoms with van der Waals surface area (Å²) in [5, 5.41) is 3.40. The van der Waals surface area contributed by atoms with Crippen LogP contribution in [0.1, 0.15) is 39.0 Å². The predicted octanol–water partition coefficient (Wildman–Crippen LogP) is 3.29. The molecule has 0 fully saturated rings. The van der Waals surface area contributed by atoms with Crippen molar-refractivity contribution in [3.8, 4) is 0 Å². The number of thiocarbonyl (C=S) groups is 1. The first-order valence-corrected chi connectivity index (χ1v) is 7.02. The van der Waals surface area contributed by atoms with Crippen LogP contribution in [-0.2, 0) is 0 Å². The standard InChI is InChI=1S/C14H22N4S/c1-2-3-4-5-6-13(16)18-14(19)17-12-9-7-11(15)8-10-12/h7-10H,2-6,15H2,1H3,(H3,16,17,18,19). The van der Waals surface area contributed by atoms with Gasteiger partial charge in [-0.2, -0.15) is 0 Å². The van der Waals surface area contributed by atoms with Crippen LogP contribution in [0, 0.1) is 0 Å². The molecule has 0 saturated carbocycles. The Hall–Kier alpha value is -1.62. The largest absolute Gasteiger partial charge is 0.399 e. The Balaban J connectivity index is 2.38. The Morgan fingerprint density at radius 3 is 2.53 bits per heavy atom. The van der Waals surface area contributed by atoms with Gasteiger partial charge < -0.3 is 16.8 Å². The molecule has 0 aromatic heterocycles. The highest BCUT2D eigenvalue weighted by molar-refractivity contribution is 7.80. The van der Waals surface area contributed by atoms with Crippen LogP contribution in [0.15, 0.2) is 29.3 Å². The van der Waals surface area contributed by atoms with Crippen molar-refractivity contribution in [2.75, 3.05) is 11.1 Å². The molecule has 0 unspecified atom stereocenters. The third kappa shape index (κ3) is 6.76. The van der Waals surface area contributed by atoms with Crippen LogP contribution in [-0.4, -0.2) is 10.9 Å². The second kappa shape index (κ2) is 8.48. The molecular weight excluding hydrogens is 256 g/mol. The van der Waals surface area contributed by atoms with E-state index >= 15 is 0 Å². The minimum absolute atomic E-state index is 0.387. The summed E-state index contributed by atoms with van der Waals surface area (Å²) in [5.41, 5.74) is 13.0. The number of unbranched alkanes of at least 4 members (excludes halogenated alkanes) is 3. The summed E-state index contributed by atoms with van der Waals surface area (Å²) in [6, 6.07) is 7.33. The third-order valence-electron chi connectivity index (χ3n) is 2.69. The Morgan fingerprint density at radius 1 is 1.21 bits per heavy atom. The number of nitrogens with two attached hydrogens (primary N) is 2. The summed E-state index contributed by atoms with van der Waals surface area (Å²) in [4.78, 5) is 4.18. The summed E-state index contributed by atoms with van der Waals surface area (Å²) in [6.07, 6.45) is 5.50. The predicted molar refractivity (Wildman–Crippen MR) is 87.5 cm³/mol. The molecule has 1 rings (SSSR count). The molecule has 0 radical (unpaired) electrons. The molecule has 0 bridgehead atoms. The zero-order valence-corrected chi connectivity index (χ0v) is 12.2. The second-order valence-electron chi connectivity index (χ2n) is 4.47. The highest BCUT2D eigenvalue weighted by Crippen LogP contribution is 2.10. The molecule has 4 nitrogen and oxygen atoms in total. The topological polar surface area (TPSA) is 76.4 Å². The first-order valence-electron chi connectivity index (χ1n) is 6.61. The van der Waals surface area contributed by atoms with Gasteiger partial charge >= 0.3 is 0 Å². The van der Waals surface area contributed by atoms with Crippen LogP contribution in [0.2, 0.25) is 0 Å². The molecule has 0 spiro atoms. The molecule has 5 heteroatoms. The first-order chi connectivity index (χ1) is 9.11. The van der Waals surface area contributed by atoms with Gasteiger partial charge in [0.1, 0.15) is 5.84 Å². The van der Waals surface area contributed by atoms with Crippen molar-refractivity contribution < 1.29 is 0 Å². The third-order valence-corrected chi connectivity index (χ3v) is 2.89. The molecule has 0 heterocycles. The Labute approximate surface area is 120 Å². The van der Waals surface area contributed by atoms with Crippen LogP contribution >= 0.6 is 12.2 Å². The van der Waals surface area contributed by atoms with E-state index in [0.717, 1.165) is 24.2 Å². The van der Waals surface area contributed by atoms with Gasteiger partial charge in [-0.1, -0.05) is 26.2 Å². The Kier molecular flexibility index (Phi) is 6.89. The van der Waals surface area contributed by atoms with E-state index in [1.165, 1.54) is 19.3 Å². The number of nitrogens with one attached hydrogen (secondary N) is 1. The van der Waals surface area contributed by atoms with Crippen molar-refractivity contribution in [1.29, 1.82) is 0 Å². The lowest BCUT2D eigenvalue weighted by Gasteiger charge is -2.05. The summed E-state index contributed by atoms with van der Waals surface area (Å²) in [7, 11) is 0. The number of hydrogen-bond donors (Lipinski definition) is 3. The van der Waals surface area contributed by atoms with Crippen molar-refractivity contribution in [1.82, 2.24) is 0 Å². The maximum Gasteiger partial charge on any atom is 0.198 e. The minimum Gasteiger partial charge on any atom is -0.399 e. The molecule has 0 aliphatic heterocycles. The number of aliphatic imine (C=N–C) groups is 1. The Morgan fingerprint density at radius 2 is 1.89 bits per heavy atom. The summed E-state index contributed by atoms with van der Waals surface area (Å²) >= 11 is 5.14. The molecule has 0 aliphatic carbocycles. The van der Waals surface area contributed by atoms with Gasteiger partial charge in [0, 0.05) is 17.8 Å². The van der Waals surface area contributed by atoms with Crippen molar-refractivity contribution in [2.24, 2.45) is 10.7 Å². The van der Waals surface area contributed by atoms with Gasteiger partial charge in [0.15, 0.2) is 5.11 Å². The summed E-state index contributed by atoms with van der Waals surface area (Å²) in [5.74, 6) is 0.587. The van der Waals surface area contributed by atoms with Gasteiger partial charge in [-0.25, -0.2) is 4.99 Å². The van der Waals surface area contributed by atoms with E-state index < -0.39 is 0 Å². The molecule has 1 aromatic carbocycles. The molecule has 0 aliphatic rings. The van der Waals surface area contributed by atoms with Crippen molar-refractivity contribution in [3.05, 3.63) is 24.3 Å². The summed E-state index contributed by atoms with van der Waals surface area (Å²) < 4.78 is 0. The van der Waals surface area contributed by atoms with Crippen LogP contribution in [0.3, 0.4) is 0 Å². The van der Waals surface area contributed by atoms with E-state index in [-0.39, 0.29) is 0 Å². The van der Waals surface area contributed by atoms with Crippen molar-refractivity contribution >= 4 is 34.5 Å². The summed E-state index contributed by atoms with van der Waals surface area (Å²) in [6.45, 7) is 2.18. The minimum atomic E-state index is 0.387. The fraction of sp³-hybridized carbons (Fsp3) is 0.429. The number of nitrogen functional groups attached to an aromatic ring is 1. The van der Waals surface area contributed by atoms with Gasteiger partial charge in [-0.15, -0.1) is 0 Å². The van der Waals surface area contributed by atoms with Gasteiger partial charge in [0.25, 0.3) is 0 Å². The maximum atomic E-state index is 5.84. The molecule has 5 N–H and O–H groups in total. The fourth-order valence-corrected chi connectivity index (χ4v) is 1.87. The zero-order valence-electron chi connectivity index (χ0n) is 11.4. The highest BCUT2D eigenvalue weighted by atomic mass is 32.1. The van der Waals surface area contributed by atoms with Gasteiger partial charge in [-0.05, 0) is 42.9 Å². The van der Waals surface area contributed by atoms with Crippen LogP contribution in [0.5, 0.6) is 0 Å². The number of amidine groups is 1. The van der Waals surface area contributed by atoms with Crippen molar-refractivity contribution in [2.45, 2.75) is 39.0 Å².